The van der Waals surface area contributed by atoms with Crippen molar-refractivity contribution in [2.45, 2.75) is 140 Å². The standard InChI is InChI=1S/C25H31N5O4.C22H30N6O.C21H23N5O4.C19H23N5O/c1-14-11-18-19(12-15(14)2)30(22-21(28-18)23(32)27-16(3)26-22)13-20(31)29-9-7-17(8-10-29)24(33)34-25(4,5)6;1-14-12-18-19(13-15(14)2)28(21-20(26-18)22(29)25-16(3)24-21)11-10-27-8-5-17(4-7-23)6-9-27;1-11-8-15-16(9-12(11)2)26(19-18(24-15)20(28)23-13(3)22-19)10-17(27)25-6-4-14(5-7-25)21(29)30;1-12-10-15-16(11-13(12)2)24(9-8-23-6-4-5-7-23)18-17(22-15)19(25)21-14(3)20-18/h11-12,17H,3,7-10,13H2,1-2,4-6H3,(H,27,32);12-13,17H,3-11,23H2,1-2H3,(H,25,29);8-9,14H,3-7,10H2,1-2H3,(H,23,28)(H,29,30);10-11H,3-9H2,1-2H3,(H,21,25). The number of nitrogens with two attached hydrogens (primary N) is 1. The molecule has 118 heavy (non-hydrogen) atoms. The number of carbonyl (C=O) groups excluding carboxylic acids is 3. The van der Waals surface area contributed by atoms with Crippen LogP contribution in [0, 0.1) is 73.1 Å². The fourth-order valence-corrected chi connectivity index (χ4v) is 16.1. The Balaban J connectivity index is 0.000000137. The molecule has 0 aliphatic carbocycles. The summed E-state index contributed by atoms with van der Waals surface area (Å²) >= 11 is 0. The Kier molecular flexibility index (Phi) is 25.0. The van der Waals surface area contributed by atoms with E-state index in [2.05, 4.69) is 152 Å². The highest BCUT2D eigenvalue weighted by molar-refractivity contribution is 5.89. The molecule has 8 aromatic rings. The fraction of sp³-hybridized carbons (Fsp3) is 0.448. The lowest BCUT2D eigenvalue weighted by Crippen LogP contribution is -2.48. The topological polar surface area (TPSA) is 382 Å². The first kappa shape index (κ1) is 84.0. The molecule has 12 heterocycles. The maximum absolute atomic E-state index is 13.3. The van der Waals surface area contributed by atoms with Gasteiger partial charge in [0.1, 0.15) is 40.6 Å². The number of aryl methyl sites for hydroxylation is 8. The van der Waals surface area contributed by atoms with Gasteiger partial charge in [0, 0.05) is 52.4 Å². The van der Waals surface area contributed by atoms with Crippen molar-refractivity contribution in [2.24, 2.45) is 43.5 Å². The Morgan fingerprint density at radius 3 is 1.04 bits per heavy atom. The molecule has 2 amide bonds. The van der Waals surface area contributed by atoms with Gasteiger partial charge in [-0.05, 0) is 266 Å². The number of hydrogen-bond acceptors (Lipinski definition) is 24. The lowest BCUT2D eigenvalue weighted by molar-refractivity contribution is -0.162. The first-order chi connectivity index (χ1) is 56.1. The van der Waals surface area contributed by atoms with E-state index in [0.29, 0.717) is 114 Å². The minimum atomic E-state index is -0.820. The van der Waals surface area contributed by atoms with Gasteiger partial charge in [-0.25, -0.2) is 39.9 Å². The van der Waals surface area contributed by atoms with Gasteiger partial charge in [-0.15, -0.1) is 0 Å². The van der Waals surface area contributed by atoms with Crippen LogP contribution in [0.2, 0.25) is 0 Å². The summed E-state index contributed by atoms with van der Waals surface area (Å²) in [6.45, 7) is 47.3. The molecule has 4 fully saturated rings. The SMILES string of the molecule is C=c1nc2c(c(=O)[nH]1)=Nc1cc(C)c(C)cc1N2CC(=O)N1CCC(C(=O)O)CC1.C=c1nc2c(c(=O)[nH]1)=Nc1cc(C)c(C)cc1N2CC(=O)N1CCC(C(=O)OC(C)(C)C)CC1.C=c1nc2c(c(=O)[nH]1)=Nc1cc(C)c(C)cc1N2CCN1CCC(CCN)CC1.C=c1nc2c(c(=O)[nH]1)=Nc1cc(C)c(C)cc1N2CCN1CCCC1. The summed E-state index contributed by atoms with van der Waals surface area (Å²) < 4.78 is 5.51. The number of likely N-dealkylation sites (tertiary alicyclic amines) is 4. The number of aliphatic carboxylic acids is 1. The molecule has 0 saturated carbocycles. The first-order valence-electron chi connectivity index (χ1n) is 40.6. The molecule has 0 radical (unpaired) electrons. The molecule has 16 rings (SSSR count). The number of aromatic nitrogens is 8. The highest BCUT2D eigenvalue weighted by atomic mass is 16.6. The molecule has 8 aliphatic heterocycles. The highest BCUT2D eigenvalue weighted by Gasteiger charge is 2.36. The Morgan fingerprint density at radius 2 is 0.729 bits per heavy atom. The minimum absolute atomic E-state index is 0.00498. The molecular formula is C87H107N21O10. The fourth-order valence-electron chi connectivity index (χ4n) is 16.1. The number of ether oxygens (including phenoxy) is 1. The van der Waals surface area contributed by atoms with Crippen molar-refractivity contribution in [1.29, 1.82) is 0 Å². The third-order valence-corrected chi connectivity index (χ3v) is 23.3. The van der Waals surface area contributed by atoms with Gasteiger partial charge in [0.2, 0.25) is 11.8 Å². The molecular weight excluding hydrogens is 1500 g/mol. The van der Waals surface area contributed by atoms with Crippen LogP contribution >= 0.6 is 0 Å². The number of H-pyrrole nitrogens is 4. The molecule has 0 atom stereocenters. The number of esters is 1. The van der Waals surface area contributed by atoms with Crippen LogP contribution in [-0.4, -0.2) is 192 Å². The number of carbonyl (C=O) groups is 4. The molecule has 4 aromatic carbocycles. The summed E-state index contributed by atoms with van der Waals surface area (Å²) in [4.78, 5) is 163. The maximum atomic E-state index is 13.3. The van der Waals surface area contributed by atoms with Crippen molar-refractivity contribution in [2.75, 3.05) is 118 Å². The van der Waals surface area contributed by atoms with Crippen molar-refractivity contribution in [1.82, 2.24) is 59.5 Å². The summed E-state index contributed by atoms with van der Waals surface area (Å²) in [7, 11) is 0. The van der Waals surface area contributed by atoms with Crippen LogP contribution < -0.4 is 90.9 Å². The summed E-state index contributed by atoms with van der Waals surface area (Å²) in [5.41, 5.74) is 20.3. The number of nitrogens with zero attached hydrogens (tertiary/aromatic N) is 16. The monoisotopic (exact) mass is 1610 g/mol. The van der Waals surface area contributed by atoms with E-state index in [-0.39, 0.29) is 69.6 Å². The second kappa shape index (κ2) is 35.1. The van der Waals surface area contributed by atoms with Gasteiger partial charge in [0.05, 0.1) is 57.3 Å². The number of amides is 2. The van der Waals surface area contributed by atoms with E-state index in [1.165, 1.54) is 42.4 Å². The number of hydrogen-bond donors (Lipinski definition) is 6. The summed E-state index contributed by atoms with van der Waals surface area (Å²) in [6.07, 6.45) is 8.05. The number of anilines is 8. The number of fused-ring (bicyclic) bond motifs is 8. The molecule has 0 unspecified atom stereocenters. The average Bonchev–Trinajstić information content (AvgIpc) is 0.855. The molecule has 7 N–H and O–H groups in total. The third kappa shape index (κ3) is 18.7. The molecule has 31 heteroatoms. The van der Waals surface area contributed by atoms with Crippen molar-refractivity contribution in [3.05, 3.63) is 178 Å². The van der Waals surface area contributed by atoms with Gasteiger partial charge in [0.25, 0.3) is 22.2 Å². The van der Waals surface area contributed by atoms with Crippen LogP contribution in [0.5, 0.6) is 0 Å². The second-order valence-electron chi connectivity index (χ2n) is 33.0. The number of nitrogens with one attached hydrogen (secondary N) is 4. The zero-order valence-corrected chi connectivity index (χ0v) is 69.5. The normalized spacial score (nSPS) is 16.3. The third-order valence-electron chi connectivity index (χ3n) is 23.3. The van der Waals surface area contributed by atoms with E-state index >= 15 is 0 Å². The molecule has 4 saturated heterocycles. The van der Waals surface area contributed by atoms with Crippen LogP contribution in [0.15, 0.2) is 87.7 Å². The number of carboxylic acid groups (broad SMARTS) is 1. The van der Waals surface area contributed by atoms with E-state index in [0.717, 1.165) is 127 Å². The molecule has 4 aromatic heterocycles. The number of aromatic amines is 4. The number of rotatable bonds is 14. The summed E-state index contributed by atoms with van der Waals surface area (Å²) in [6, 6.07) is 16.1. The maximum Gasteiger partial charge on any atom is 0.309 e. The predicted octanol–water partition coefficient (Wildman–Crippen LogP) is 4.86. The molecule has 8 aliphatic rings. The quantitative estimate of drug-likeness (QED) is 0.0792. The van der Waals surface area contributed by atoms with Crippen molar-refractivity contribution in [3.8, 4) is 0 Å². The van der Waals surface area contributed by atoms with Gasteiger partial charge in [0.15, 0.2) is 44.7 Å². The van der Waals surface area contributed by atoms with Crippen molar-refractivity contribution >= 4 is 119 Å². The van der Waals surface area contributed by atoms with Crippen LogP contribution in [0.3, 0.4) is 0 Å². The lowest BCUT2D eigenvalue weighted by atomic mass is 9.94. The van der Waals surface area contributed by atoms with Crippen LogP contribution in [0.4, 0.5) is 68.8 Å². The van der Waals surface area contributed by atoms with Gasteiger partial charge < -0.3 is 74.7 Å². The number of carboxylic acids is 1. The Bertz CT molecular complexity index is 6050. The van der Waals surface area contributed by atoms with Gasteiger partial charge in [-0.3, -0.25) is 38.4 Å². The van der Waals surface area contributed by atoms with Crippen LogP contribution in [-0.2, 0) is 23.9 Å². The first-order valence-corrected chi connectivity index (χ1v) is 40.6. The largest absolute Gasteiger partial charge is 0.481 e. The van der Waals surface area contributed by atoms with Crippen LogP contribution in [0.1, 0.15) is 123 Å². The lowest BCUT2D eigenvalue weighted by Gasteiger charge is -2.35. The average molecular weight is 1610 g/mol. The van der Waals surface area contributed by atoms with E-state index in [4.69, 9.17) is 10.5 Å². The predicted molar refractivity (Wildman–Crippen MR) is 456 cm³/mol. The van der Waals surface area contributed by atoms with Gasteiger partial charge >= 0.3 is 11.9 Å². The van der Waals surface area contributed by atoms with Crippen LogP contribution in [0.25, 0.3) is 26.3 Å². The summed E-state index contributed by atoms with van der Waals surface area (Å²) in [5, 5.41) is 10.2. The Morgan fingerprint density at radius 1 is 0.432 bits per heavy atom. The van der Waals surface area contributed by atoms with Crippen molar-refractivity contribution < 1.29 is 29.0 Å². The zero-order valence-electron chi connectivity index (χ0n) is 69.5. The Hall–Kier alpha value is -12.0. The second-order valence-corrected chi connectivity index (χ2v) is 33.0. The highest BCUT2D eigenvalue weighted by Crippen LogP contribution is 2.41. The molecule has 620 valence electrons. The van der Waals surface area contributed by atoms with E-state index in [9.17, 15) is 43.5 Å². The van der Waals surface area contributed by atoms with Gasteiger partial charge in [-0.2, -0.15) is 0 Å². The molecule has 0 bridgehead atoms. The number of benzene rings is 4. The zero-order chi connectivity index (χ0) is 84.5. The Labute approximate surface area is 682 Å². The van der Waals surface area contributed by atoms with Crippen molar-refractivity contribution in [3.63, 3.8) is 0 Å². The van der Waals surface area contributed by atoms with E-state index < -0.39 is 28.6 Å². The number of piperidine rings is 3. The smallest absolute Gasteiger partial charge is 0.309 e. The summed E-state index contributed by atoms with van der Waals surface area (Å²) in [5.74, 6) is 0.687. The van der Waals surface area contributed by atoms with E-state index in [1.807, 2.05) is 78.8 Å². The minimum Gasteiger partial charge on any atom is -0.481 e. The molecule has 0 spiro atoms. The van der Waals surface area contributed by atoms with Gasteiger partial charge in [-0.1, -0.05) is 26.3 Å². The van der Waals surface area contributed by atoms with E-state index in [1.54, 1.807) is 19.6 Å². The molecule has 31 nitrogen and oxygen atoms in total.